The molecule has 4 aromatic rings. The highest BCUT2D eigenvalue weighted by atomic mass is 16.6. The number of nitrogens with zero attached hydrogens (tertiary/aromatic N) is 4. The molecule has 0 aliphatic carbocycles. The predicted octanol–water partition coefficient (Wildman–Crippen LogP) is 5.16. The van der Waals surface area contributed by atoms with Gasteiger partial charge in [-0.3, -0.25) is 19.4 Å². The molecule has 3 heterocycles. The number of oxazole rings is 1. The zero-order valence-electron chi connectivity index (χ0n) is 32.5. The summed E-state index contributed by atoms with van der Waals surface area (Å²) in [6, 6.07) is 23.3. The van der Waals surface area contributed by atoms with Crippen LogP contribution in [0.25, 0.3) is 11.1 Å². The van der Waals surface area contributed by atoms with Gasteiger partial charge in [0.25, 0.3) is 5.89 Å². The Labute approximate surface area is 337 Å². The first-order chi connectivity index (χ1) is 28.2. The number of aromatic nitrogens is 1. The van der Waals surface area contributed by atoms with Crippen LogP contribution in [0.5, 0.6) is 0 Å². The van der Waals surface area contributed by atoms with E-state index in [9.17, 15) is 24.0 Å². The Balaban J connectivity index is 1.26. The Hall–Kier alpha value is -6.25. The van der Waals surface area contributed by atoms with Gasteiger partial charge in [-0.15, -0.1) is 0 Å². The Morgan fingerprint density at radius 3 is 2.26 bits per heavy atom. The lowest BCUT2D eigenvalue weighted by Gasteiger charge is -2.32. The second-order valence-electron chi connectivity index (χ2n) is 14.7. The van der Waals surface area contributed by atoms with Crippen molar-refractivity contribution < 1.29 is 37.9 Å². The second kappa shape index (κ2) is 20.3. The Morgan fingerprint density at radius 1 is 0.862 bits per heavy atom. The minimum absolute atomic E-state index is 0.00961. The highest BCUT2D eigenvalue weighted by Crippen LogP contribution is 2.30. The Kier molecular flexibility index (Phi) is 14.5. The van der Waals surface area contributed by atoms with Crippen LogP contribution in [0.15, 0.2) is 94.3 Å². The van der Waals surface area contributed by atoms with Crippen LogP contribution >= 0.6 is 0 Å². The maximum absolute atomic E-state index is 14.7. The zero-order chi connectivity index (χ0) is 40.9. The molecule has 58 heavy (non-hydrogen) atoms. The van der Waals surface area contributed by atoms with Crippen molar-refractivity contribution in [1.29, 1.82) is 0 Å². The second-order valence-corrected chi connectivity index (χ2v) is 14.7. The number of likely N-dealkylation sites (tertiary alicyclic amines) is 2. The van der Waals surface area contributed by atoms with E-state index in [2.05, 4.69) is 15.3 Å². The largest absolute Gasteiger partial charge is 0.445 e. The fourth-order valence-electron chi connectivity index (χ4n) is 7.50. The number of fused-ring (bicyclic) bond motifs is 1. The normalized spacial score (nSPS) is 17.6. The summed E-state index contributed by atoms with van der Waals surface area (Å²) in [5, 5.41) is 2.75. The standard InChI is InChI=1S/C43H51N7O8/c44-41(45)46-23-12-17-31(38(52)39-47-32-18-8-9-19-35(32)57-39)27-34(51)37-36(58-43(55)49-24-10-3-11-25-49)22-26-50(37)40(53)33(21-20-29-13-4-1-5-14-29)48-42(54)56-28-30-15-6-2-7-16-30/h1-2,4-9,13-16,18-19,31,33,36-37H,3,10-12,17,20-28H2,(H,48,54)(H4,44,45,46)/t31-,33-,36+,37-/m1/s1. The molecule has 0 radical (unpaired) electrons. The number of carbonyl (C=O) groups is 5. The van der Waals surface area contributed by atoms with E-state index in [1.165, 1.54) is 4.90 Å². The molecule has 15 heteroatoms. The molecule has 1 aromatic heterocycles. The van der Waals surface area contributed by atoms with Gasteiger partial charge in [0, 0.05) is 44.9 Å². The quantitative estimate of drug-likeness (QED) is 0.0550. The molecule has 2 saturated heterocycles. The SMILES string of the molecule is NC(N)=NCCC[C@H](CC(=O)[C@@H]1[C@@H](OC(=O)N2CCCCC2)CCN1C(=O)[C@@H](CCc1ccccc1)NC(=O)OCc1ccccc1)C(=O)c1nc2ccccc2o1. The molecule has 4 atom stereocenters. The number of aliphatic imine (C=N–C) groups is 1. The number of amides is 3. The van der Waals surface area contributed by atoms with Gasteiger partial charge in [0.2, 0.25) is 11.7 Å². The highest BCUT2D eigenvalue weighted by molar-refractivity contribution is 6.00. The summed E-state index contributed by atoms with van der Waals surface area (Å²) in [6.07, 6.45) is 1.39. The van der Waals surface area contributed by atoms with E-state index in [0.717, 1.165) is 30.4 Å². The molecule has 0 bridgehead atoms. The molecule has 6 rings (SSSR count). The van der Waals surface area contributed by atoms with Crippen LogP contribution in [-0.2, 0) is 32.1 Å². The van der Waals surface area contributed by atoms with Crippen molar-refractivity contribution in [3.63, 3.8) is 0 Å². The first-order valence-corrected chi connectivity index (χ1v) is 19.9. The summed E-state index contributed by atoms with van der Waals surface area (Å²) >= 11 is 0. The van der Waals surface area contributed by atoms with E-state index < -0.39 is 53.8 Å². The van der Waals surface area contributed by atoms with Crippen molar-refractivity contribution in [3.05, 3.63) is 102 Å². The molecule has 0 saturated carbocycles. The lowest BCUT2D eigenvalue weighted by molar-refractivity contribution is -0.141. The van der Waals surface area contributed by atoms with E-state index in [1.54, 1.807) is 29.2 Å². The summed E-state index contributed by atoms with van der Waals surface area (Å²) in [4.78, 5) is 81.5. The summed E-state index contributed by atoms with van der Waals surface area (Å²) < 4.78 is 17.3. The molecule has 0 spiro atoms. The molecule has 15 nitrogen and oxygen atoms in total. The number of ketones is 2. The molecule has 306 valence electrons. The van der Waals surface area contributed by atoms with Crippen molar-refractivity contribution in [2.24, 2.45) is 22.4 Å². The van der Waals surface area contributed by atoms with E-state index in [1.807, 2.05) is 60.7 Å². The number of aryl methyl sites for hydroxylation is 1. The van der Waals surface area contributed by atoms with Gasteiger partial charge in [-0.1, -0.05) is 72.8 Å². The van der Waals surface area contributed by atoms with Crippen LogP contribution in [0, 0.1) is 5.92 Å². The Morgan fingerprint density at radius 2 is 1.55 bits per heavy atom. The maximum atomic E-state index is 14.7. The van der Waals surface area contributed by atoms with Gasteiger partial charge in [0.1, 0.15) is 30.3 Å². The molecule has 3 amide bonds. The van der Waals surface area contributed by atoms with Crippen molar-refractivity contribution in [1.82, 2.24) is 20.1 Å². The number of para-hydroxylation sites is 2. The van der Waals surface area contributed by atoms with Crippen LogP contribution in [0.1, 0.15) is 73.2 Å². The van der Waals surface area contributed by atoms with Crippen molar-refractivity contribution in [2.45, 2.75) is 82.6 Å². The van der Waals surface area contributed by atoms with Crippen LogP contribution in [-0.4, -0.2) is 94.8 Å². The fraction of sp³-hybridized carbons (Fsp3) is 0.419. The number of benzene rings is 3. The van der Waals surface area contributed by atoms with Crippen molar-refractivity contribution >= 4 is 46.7 Å². The lowest BCUT2D eigenvalue weighted by atomic mass is 9.89. The third-order valence-corrected chi connectivity index (χ3v) is 10.5. The smallest absolute Gasteiger partial charge is 0.410 e. The van der Waals surface area contributed by atoms with Gasteiger partial charge in [-0.05, 0) is 68.2 Å². The molecular formula is C43H51N7O8. The number of alkyl carbamates (subject to hydrolysis) is 1. The van der Waals surface area contributed by atoms with Gasteiger partial charge >= 0.3 is 12.2 Å². The molecule has 0 unspecified atom stereocenters. The first-order valence-electron chi connectivity index (χ1n) is 19.9. The Bertz CT molecular complexity index is 2010. The summed E-state index contributed by atoms with van der Waals surface area (Å²) in [5.41, 5.74) is 13.7. The van der Waals surface area contributed by atoms with E-state index in [-0.39, 0.29) is 57.2 Å². The molecule has 3 aromatic carbocycles. The number of piperidine rings is 1. The monoisotopic (exact) mass is 793 g/mol. The fourth-order valence-corrected chi connectivity index (χ4v) is 7.50. The molecule has 2 aliphatic heterocycles. The van der Waals surface area contributed by atoms with Crippen LogP contribution in [0.2, 0.25) is 0 Å². The average molecular weight is 794 g/mol. The predicted molar refractivity (Wildman–Crippen MR) is 215 cm³/mol. The maximum Gasteiger partial charge on any atom is 0.410 e. The average Bonchev–Trinajstić information content (AvgIpc) is 3.88. The van der Waals surface area contributed by atoms with E-state index in [4.69, 9.17) is 25.4 Å². The highest BCUT2D eigenvalue weighted by Gasteiger charge is 2.47. The number of Topliss-reactive ketones (excluding diaryl/α,β-unsaturated/α-hetero) is 2. The summed E-state index contributed by atoms with van der Waals surface area (Å²) in [7, 11) is 0. The number of nitrogens with two attached hydrogens (primary N) is 2. The zero-order valence-corrected chi connectivity index (χ0v) is 32.5. The third-order valence-electron chi connectivity index (χ3n) is 10.5. The van der Waals surface area contributed by atoms with Gasteiger partial charge in [-0.2, -0.15) is 0 Å². The van der Waals surface area contributed by atoms with E-state index >= 15 is 0 Å². The molecule has 2 aliphatic rings. The number of ether oxygens (including phenoxy) is 2. The van der Waals surface area contributed by atoms with E-state index in [0.29, 0.717) is 37.0 Å². The van der Waals surface area contributed by atoms with Crippen LogP contribution in [0.4, 0.5) is 9.59 Å². The van der Waals surface area contributed by atoms with Gasteiger partial charge in [-0.25, -0.2) is 14.6 Å². The summed E-state index contributed by atoms with van der Waals surface area (Å²) in [6.45, 7) is 1.34. The number of guanidine groups is 1. The molecular weight excluding hydrogens is 743 g/mol. The third kappa shape index (κ3) is 11.2. The number of rotatable bonds is 17. The molecule has 5 N–H and O–H groups in total. The minimum Gasteiger partial charge on any atom is -0.445 e. The van der Waals surface area contributed by atoms with Crippen molar-refractivity contribution in [3.8, 4) is 0 Å². The minimum atomic E-state index is -1.24. The summed E-state index contributed by atoms with van der Waals surface area (Å²) in [5.74, 6) is -2.67. The number of carbonyl (C=O) groups excluding carboxylic acids is 5. The number of hydrogen-bond acceptors (Lipinski definition) is 10. The van der Waals surface area contributed by atoms with Gasteiger partial charge < -0.3 is 40.5 Å². The molecule has 2 fully saturated rings. The van der Waals surface area contributed by atoms with Gasteiger partial charge in [0.05, 0.1) is 0 Å². The van der Waals surface area contributed by atoms with Crippen molar-refractivity contribution in [2.75, 3.05) is 26.2 Å². The van der Waals surface area contributed by atoms with Crippen LogP contribution in [0.3, 0.4) is 0 Å². The van der Waals surface area contributed by atoms with Gasteiger partial charge in [0.15, 0.2) is 17.3 Å². The first kappa shape index (κ1) is 41.4. The van der Waals surface area contributed by atoms with Crippen LogP contribution < -0.4 is 16.8 Å². The topological polar surface area (TPSA) is 213 Å². The lowest BCUT2D eigenvalue weighted by Crippen LogP contribution is -2.54. The number of hydrogen-bond donors (Lipinski definition) is 3. The number of nitrogens with one attached hydrogen (secondary N) is 1.